The number of likely N-dealkylation sites (tertiary alicyclic amines) is 1. The van der Waals surface area contributed by atoms with E-state index in [0.29, 0.717) is 45.6 Å². The first kappa shape index (κ1) is 28.1. The number of nitrogens with one attached hydrogen (secondary N) is 3. The summed E-state index contributed by atoms with van der Waals surface area (Å²) >= 11 is 0. The number of methoxy groups -OCH3 is 1. The third-order valence-corrected chi connectivity index (χ3v) is 6.61. The zero-order valence-corrected chi connectivity index (χ0v) is 22.0. The molecule has 7 nitrogen and oxygen atoms in total. The molecule has 0 unspecified atom stereocenters. The Kier molecular flexibility index (Phi) is 8.55. The summed E-state index contributed by atoms with van der Waals surface area (Å²) in [5.41, 5.74) is 2.49. The number of ether oxygens (including phenoxy) is 1. The second kappa shape index (κ2) is 11.9. The second-order valence-electron chi connectivity index (χ2n) is 9.48. The highest BCUT2D eigenvalue weighted by Gasteiger charge is 2.30. The highest BCUT2D eigenvalue weighted by atomic mass is 19.4. The van der Waals surface area contributed by atoms with Gasteiger partial charge in [-0.3, -0.25) is 4.79 Å². The van der Waals surface area contributed by atoms with Crippen LogP contribution in [0.1, 0.15) is 22.3 Å². The maximum Gasteiger partial charge on any atom is 0.406 e. The average molecular weight is 546 g/mol. The number of piperidine rings is 1. The van der Waals surface area contributed by atoms with Crippen molar-refractivity contribution < 1.29 is 27.1 Å². The minimum atomic E-state index is -4.39. The van der Waals surface area contributed by atoms with Crippen molar-refractivity contribution in [2.75, 3.05) is 51.5 Å². The molecule has 0 spiro atoms. The van der Waals surface area contributed by atoms with Crippen molar-refractivity contribution in [3.8, 4) is 17.6 Å². The Morgan fingerprint density at radius 2 is 1.97 bits per heavy atom. The van der Waals surface area contributed by atoms with Crippen molar-refractivity contribution in [3.05, 3.63) is 53.7 Å². The van der Waals surface area contributed by atoms with Gasteiger partial charge in [-0.1, -0.05) is 11.8 Å². The molecule has 1 amide bonds. The van der Waals surface area contributed by atoms with Crippen molar-refractivity contribution in [2.45, 2.75) is 31.4 Å². The molecule has 0 aliphatic carbocycles. The summed E-state index contributed by atoms with van der Waals surface area (Å²) in [6, 6.07) is 9.48. The third-order valence-electron chi connectivity index (χ3n) is 6.61. The van der Waals surface area contributed by atoms with Crippen LogP contribution >= 0.6 is 0 Å². The number of amides is 1. The van der Waals surface area contributed by atoms with Gasteiger partial charge >= 0.3 is 6.18 Å². The molecule has 11 heteroatoms. The maximum absolute atomic E-state index is 14.7. The van der Waals surface area contributed by atoms with Gasteiger partial charge < -0.3 is 30.2 Å². The van der Waals surface area contributed by atoms with Crippen molar-refractivity contribution >= 4 is 28.2 Å². The molecule has 3 aromatic rings. The molecule has 0 radical (unpaired) electrons. The Hall–Kier alpha value is -3.91. The van der Waals surface area contributed by atoms with Crippen molar-refractivity contribution in [1.82, 2.24) is 14.8 Å². The lowest BCUT2D eigenvalue weighted by molar-refractivity contribution is -0.139. The minimum absolute atomic E-state index is 0.210. The van der Waals surface area contributed by atoms with Gasteiger partial charge in [-0.25, -0.2) is 4.39 Å². The number of carbonyl (C=O) groups excluding carboxylic acids is 1. The number of hydrogen-bond acceptors (Lipinski definition) is 5. The standard InChI is InChI=1S/C28H31F4N5O2/c1-33-27(38)19-6-7-23(26(15-19)39-3)34-10-4-5-18-13-24(35-22-9-11-36(2)16-21(22)29)20-8-12-37(25(20)14-18)17-28(30,31)32/h6-8,12-15,21-22,34-35H,9-11,16-17H2,1-3H3,(H,33,38)/t21-,22+/m0/s1. The molecule has 0 saturated carbocycles. The first-order valence-corrected chi connectivity index (χ1v) is 12.5. The number of alkyl halides is 4. The number of nitrogens with zero attached hydrogens (tertiary/aromatic N) is 2. The lowest BCUT2D eigenvalue weighted by Crippen LogP contribution is -2.46. The summed E-state index contributed by atoms with van der Waals surface area (Å²) in [4.78, 5) is 13.8. The van der Waals surface area contributed by atoms with Gasteiger partial charge in [-0.2, -0.15) is 13.2 Å². The highest BCUT2D eigenvalue weighted by Crippen LogP contribution is 2.31. The van der Waals surface area contributed by atoms with Gasteiger partial charge in [0, 0.05) is 48.5 Å². The van der Waals surface area contributed by atoms with E-state index in [9.17, 15) is 22.4 Å². The molecular weight excluding hydrogens is 514 g/mol. The summed E-state index contributed by atoms with van der Waals surface area (Å²) < 4.78 is 60.9. The molecule has 1 fully saturated rings. The topological polar surface area (TPSA) is 70.6 Å². The van der Waals surface area contributed by atoms with E-state index in [4.69, 9.17) is 4.74 Å². The van der Waals surface area contributed by atoms with Crippen LogP contribution in [0.3, 0.4) is 0 Å². The number of rotatable bonds is 7. The van der Waals surface area contributed by atoms with Gasteiger partial charge in [-0.05, 0) is 49.9 Å². The number of carbonyl (C=O) groups is 1. The molecule has 0 bridgehead atoms. The molecule has 39 heavy (non-hydrogen) atoms. The van der Waals surface area contributed by atoms with E-state index >= 15 is 0 Å². The van der Waals surface area contributed by atoms with Crippen molar-refractivity contribution in [2.24, 2.45) is 0 Å². The Morgan fingerprint density at radius 1 is 1.18 bits per heavy atom. The fourth-order valence-corrected chi connectivity index (χ4v) is 4.65. The van der Waals surface area contributed by atoms with Crippen LogP contribution in [0, 0.1) is 11.8 Å². The molecule has 1 aromatic heterocycles. The van der Waals surface area contributed by atoms with Gasteiger partial charge in [0.25, 0.3) is 5.91 Å². The minimum Gasteiger partial charge on any atom is -0.495 e. The number of fused-ring (bicyclic) bond motifs is 1. The fraction of sp³-hybridized carbons (Fsp3) is 0.393. The van der Waals surface area contributed by atoms with Gasteiger partial charge in [0.15, 0.2) is 0 Å². The van der Waals surface area contributed by atoms with E-state index in [1.807, 2.05) is 11.9 Å². The van der Waals surface area contributed by atoms with E-state index in [1.165, 1.54) is 13.3 Å². The third kappa shape index (κ3) is 6.95. The highest BCUT2D eigenvalue weighted by molar-refractivity contribution is 5.95. The molecule has 2 atom stereocenters. The monoisotopic (exact) mass is 545 g/mol. The van der Waals surface area contributed by atoms with E-state index in [1.54, 1.807) is 43.4 Å². The fourth-order valence-electron chi connectivity index (χ4n) is 4.65. The first-order chi connectivity index (χ1) is 18.6. The van der Waals surface area contributed by atoms with Crippen LogP contribution in [0.5, 0.6) is 5.75 Å². The van der Waals surface area contributed by atoms with Crippen LogP contribution in [0.2, 0.25) is 0 Å². The van der Waals surface area contributed by atoms with E-state index in [2.05, 4.69) is 27.8 Å². The normalized spacial score (nSPS) is 17.8. The largest absolute Gasteiger partial charge is 0.495 e. The molecule has 4 rings (SSSR count). The quantitative estimate of drug-likeness (QED) is 0.302. The van der Waals surface area contributed by atoms with Crippen LogP contribution in [-0.2, 0) is 6.54 Å². The van der Waals surface area contributed by atoms with E-state index in [-0.39, 0.29) is 19.0 Å². The van der Waals surface area contributed by atoms with Crippen molar-refractivity contribution in [1.29, 1.82) is 0 Å². The van der Waals surface area contributed by atoms with E-state index < -0.39 is 24.9 Å². The summed E-state index contributed by atoms with van der Waals surface area (Å²) in [5, 5.41) is 9.50. The lowest BCUT2D eigenvalue weighted by atomic mass is 10.0. The van der Waals surface area contributed by atoms with Gasteiger partial charge in [0.1, 0.15) is 18.5 Å². The molecule has 1 aliphatic heterocycles. The number of halogens is 4. The number of anilines is 2. The lowest BCUT2D eigenvalue weighted by Gasteiger charge is -2.33. The van der Waals surface area contributed by atoms with Crippen molar-refractivity contribution in [3.63, 3.8) is 0 Å². The summed E-state index contributed by atoms with van der Waals surface area (Å²) in [6.45, 7) is 0.0748. The van der Waals surface area contributed by atoms with Crippen LogP contribution in [-0.4, -0.2) is 74.6 Å². The Morgan fingerprint density at radius 3 is 2.67 bits per heavy atom. The zero-order valence-electron chi connectivity index (χ0n) is 22.0. The Labute approximate surface area is 224 Å². The molecule has 3 N–H and O–H groups in total. The van der Waals surface area contributed by atoms with Crippen LogP contribution in [0.25, 0.3) is 10.9 Å². The maximum atomic E-state index is 14.7. The van der Waals surface area contributed by atoms with Gasteiger partial charge in [0.05, 0.1) is 30.9 Å². The number of hydrogen-bond donors (Lipinski definition) is 3. The average Bonchev–Trinajstić information content (AvgIpc) is 3.29. The number of benzene rings is 2. The molecular formula is C28H31F4N5O2. The summed E-state index contributed by atoms with van der Waals surface area (Å²) in [5.74, 6) is 6.21. The van der Waals surface area contributed by atoms with Gasteiger partial charge in [-0.15, -0.1) is 0 Å². The Balaban J connectivity index is 1.59. The van der Waals surface area contributed by atoms with Crippen LogP contribution in [0.15, 0.2) is 42.6 Å². The van der Waals surface area contributed by atoms with Crippen LogP contribution in [0.4, 0.5) is 28.9 Å². The van der Waals surface area contributed by atoms with E-state index in [0.717, 1.165) is 11.1 Å². The van der Waals surface area contributed by atoms with Gasteiger partial charge in [0.2, 0.25) is 0 Å². The predicted molar refractivity (Wildman–Crippen MR) is 144 cm³/mol. The SMILES string of the molecule is CNC(=O)c1ccc(NCC#Cc2cc(N[C@@H]3CCN(C)C[C@@H]3F)c3ccn(CC(F)(F)F)c3c2)c(OC)c1. The molecule has 2 heterocycles. The predicted octanol–water partition coefficient (Wildman–Crippen LogP) is 4.49. The number of aromatic nitrogens is 1. The Bertz CT molecular complexity index is 1390. The summed E-state index contributed by atoms with van der Waals surface area (Å²) in [7, 11) is 4.89. The second-order valence-corrected chi connectivity index (χ2v) is 9.48. The molecule has 1 aliphatic rings. The summed E-state index contributed by atoms with van der Waals surface area (Å²) in [6.07, 6.45) is -3.55. The zero-order chi connectivity index (χ0) is 28.2. The molecule has 208 valence electrons. The smallest absolute Gasteiger partial charge is 0.406 e. The van der Waals surface area contributed by atoms with Crippen LogP contribution < -0.4 is 20.7 Å². The first-order valence-electron chi connectivity index (χ1n) is 12.5. The molecule has 1 saturated heterocycles. The molecule has 2 aromatic carbocycles.